The first-order valence-corrected chi connectivity index (χ1v) is 18.9. The first-order chi connectivity index (χ1) is 26.0. The number of nitrogens with one attached hydrogen (secondary N) is 1. The summed E-state index contributed by atoms with van der Waals surface area (Å²) in [5.41, 5.74) is 2.96. The van der Waals surface area contributed by atoms with Gasteiger partial charge in [-0.05, 0) is 61.6 Å². The van der Waals surface area contributed by atoms with Crippen molar-refractivity contribution in [2.24, 2.45) is 5.92 Å². The van der Waals surface area contributed by atoms with Crippen LogP contribution >= 0.6 is 0 Å². The molecule has 3 aromatic heterocycles. The summed E-state index contributed by atoms with van der Waals surface area (Å²) in [6, 6.07) is 17.9. The number of hydrogen-bond donors (Lipinski definition) is 4. The molecular formula is C41H73FN6O5. The van der Waals surface area contributed by atoms with E-state index in [1.807, 2.05) is 80.8 Å². The number of aliphatic hydroxyl groups is 3. The number of nitrogens with zero attached hydrogens (tertiary/aromatic N) is 5. The molecule has 2 atom stereocenters. The topological polar surface area (TPSA) is 144 Å². The molecule has 4 N–H and O–H groups in total. The van der Waals surface area contributed by atoms with Crippen LogP contribution in [0.25, 0.3) is 0 Å². The Morgan fingerprint density at radius 3 is 1.60 bits per heavy atom. The molecule has 0 aliphatic carbocycles. The third kappa shape index (κ3) is 30.7. The van der Waals surface area contributed by atoms with Crippen LogP contribution in [0, 0.1) is 5.92 Å². The van der Waals surface area contributed by atoms with Crippen molar-refractivity contribution >= 4 is 5.91 Å². The van der Waals surface area contributed by atoms with Gasteiger partial charge in [-0.25, -0.2) is 0 Å². The van der Waals surface area contributed by atoms with E-state index in [0.717, 1.165) is 63.7 Å². The zero-order valence-corrected chi connectivity index (χ0v) is 34.3. The average Bonchev–Trinajstić information content (AvgIpc) is 3.22. The third-order valence-electron chi connectivity index (χ3n) is 7.05. The highest BCUT2D eigenvalue weighted by molar-refractivity contribution is 5.78. The molecule has 4 heterocycles. The molecule has 1 aliphatic heterocycles. The zero-order valence-electron chi connectivity index (χ0n) is 34.3. The van der Waals surface area contributed by atoms with E-state index in [0.29, 0.717) is 59.0 Å². The van der Waals surface area contributed by atoms with E-state index in [-0.39, 0.29) is 11.9 Å². The van der Waals surface area contributed by atoms with Gasteiger partial charge in [-0.15, -0.1) is 0 Å². The molecule has 0 bridgehead atoms. The Morgan fingerprint density at radius 2 is 1.26 bits per heavy atom. The van der Waals surface area contributed by atoms with E-state index in [9.17, 15) is 9.18 Å². The molecule has 1 saturated heterocycles. The lowest BCUT2D eigenvalue weighted by molar-refractivity contribution is -0.124. The van der Waals surface area contributed by atoms with Crippen molar-refractivity contribution in [3.63, 3.8) is 0 Å². The standard InChI is InChI=1S/C27H34N6O2.C6H14O.C3H8.C2H6.CH3F.2CH4O/c34-27(31-26-11-7-17-35-22-26)21-33(20-25-10-3-6-14-30-25)16-15-32(18-23-8-1-4-12-28-23)19-24-9-2-5-13-29-24;1-3-4-6(2)5-7;1-3-2;4*1-2/h1-6,8-10,12-14,26H,7,11,15-22H2,(H,31,34);6-7H,3-5H2,1-2H3;3H2,1-2H3;1-2H3;1H3;2*2H,1H3. The van der Waals surface area contributed by atoms with Crippen LogP contribution in [0.3, 0.4) is 0 Å². The molecule has 12 heteroatoms. The van der Waals surface area contributed by atoms with Gasteiger partial charge in [-0.2, -0.15) is 0 Å². The molecule has 2 unspecified atom stereocenters. The Morgan fingerprint density at radius 1 is 0.830 bits per heavy atom. The number of aliphatic hydroxyl groups excluding tert-OH is 3. The molecule has 1 fully saturated rings. The van der Waals surface area contributed by atoms with Crippen LogP contribution in [0.2, 0.25) is 0 Å². The van der Waals surface area contributed by atoms with E-state index in [1.54, 1.807) is 6.20 Å². The summed E-state index contributed by atoms with van der Waals surface area (Å²) in [7, 11) is 2.50. The van der Waals surface area contributed by atoms with Gasteiger partial charge in [0.05, 0.1) is 43.5 Å². The van der Waals surface area contributed by atoms with Crippen LogP contribution in [0.15, 0.2) is 73.2 Å². The Kier molecular flexibility index (Phi) is 42.1. The number of alkyl halides is 1. The fourth-order valence-corrected chi connectivity index (χ4v) is 4.79. The lowest BCUT2D eigenvalue weighted by Gasteiger charge is -2.28. The molecule has 0 aromatic carbocycles. The first kappa shape index (κ1) is 54.0. The summed E-state index contributed by atoms with van der Waals surface area (Å²) >= 11 is 0. The van der Waals surface area contributed by atoms with E-state index in [1.165, 1.54) is 12.8 Å². The minimum atomic E-state index is 0.0254. The highest BCUT2D eigenvalue weighted by atomic mass is 19.1. The van der Waals surface area contributed by atoms with E-state index in [4.69, 9.17) is 20.1 Å². The molecule has 0 saturated carbocycles. The fourth-order valence-electron chi connectivity index (χ4n) is 4.79. The van der Waals surface area contributed by atoms with Crippen molar-refractivity contribution in [1.29, 1.82) is 0 Å². The summed E-state index contributed by atoms with van der Waals surface area (Å²) in [5.74, 6) is 0.530. The second-order valence-corrected chi connectivity index (χ2v) is 11.6. The van der Waals surface area contributed by atoms with Crippen molar-refractivity contribution in [2.45, 2.75) is 99.3 Å². The number of halogens is 1. The van der Waals surface area contributed by atoms with Crippen molar-refractivity contribution in [1.82, 2.24) is 30.1 Å². The lowest BCUT2D eigenvalue weighted by atomic mass is 10.1. The lowest BCUT2D eigenvalue weighted by Crippen LogP contribution is -2.46. The molecule has 1 aliphatic rings. The second-order valence-electron chi connectivity index (χ2n) is 11.6. The van der Waals surface area contributed by atoms with Crippen LogP contribution in [0.4, 0.5) is 4.39 Å². The SMILES string of the molecule is CC.CCC.CCCC(C)CO.CF.CO.CO.O=C(CN(CCN(Cc1ccccn1)Cc1ccccn1)Cc1ccccn1)NC1CCCOC1. The summed E-state index contributed by atoms with van der Waals surface area (Å²) in [4.78, 5) is 30.8. The number of carbonyl (C=O) groups is 1. The van der Waals surface area contributed by atoms with Gasteiger partial charge in [0, 0.05) is 78.7 Å². The number of aromatic nitrogens is 3. The van der Waals surface area contributed by atoms with Crippen molar-refractivity contribution in [3.05, 3.63) is 90.3 Å². The minimum absolute atomic E-state index is 0.0254. The molecule has 11 nitrogen and oxygen atoms in total. The third-order valence-corrected chi connectivity index (χ3v) is 7.05. The molecule has 1 amide bonds. The van der Waals surface area contributed by atoms with Gasteiger partial charge in [0.2, 0.25) is 5.91 Å². The maximum absolute atomic E-state index is 12.9. The van der Waals surface area contributed by atoms with Crippen LogP contribution in [-0.4, -0.2) is 113 Å². The fraction of sp³-hybridized carbons (Fsp3) is 0.610. The maximum Gasteiger partial charge on any atom is 0.234 e. The largest absolute Gasteiger partial charge is 0.400 e. The smallest absolute Gasteiger partial charge is 0.234 e. The molecule has 0 spiro atoms. The number of hydrogen-bond acceptors (Lipinski definition) is 10. The van der Waals surface area contributed by atoms with Crippen LogP contribution in [0.5, 0.6) is 0 Å². The Balaban J connectivity index is -0.00000118. The summed E-state index contributed by atoms with van der Waals surface area (Å²) in [6.07, 6.45) is 11.0. The van der Waals surface area contributed by atoms with Crippen LogP contribution in [0.1, 0.15) is 90.7 Å². The first-order valence-electron chi connectivity index (χ1n) is 18.9. The Bertz CT molecular complexity index is 1090. The normalized spacial score (nSPS) is 13.2. The monoisotopic (exact) mass is 749 g/mol. The van der Waals surface area contributed by atoms with Gasteiger partial charge in [0.15, 0.2) is 0 Å². The number of carbonyl (C=O) groups excluding carboxylic acids is 1. The van der Waals surface area contributed by atoms with E-state index >= 15 is 0 Å². The number of ether oxygens (including phenoxy) is 1. The van der Waals surface area contributed by atoms with Gasteiger partial charge >= 0.3 is 0 Å². The molecule has 53 heavy (non-hydrogen) atoms. The number of pyridine rings is 3. The molecule has 304 valence electrons. The highest BCUT2D eigenvalue weighted by Crippen LogP contribution is 2.10. The van der Waals surface area contributed by atoms with E-state index < -0.39 is 0 Å². The molecule has 3 aromatic rings. The van der Waals surface area contributed by atoms with Crippen molar-refractivity contribution in [2.75, 3.05) is 60.9 Å². The average molecular weight is 749 g/mol. The number of rotatable bonds is 15. The van der Waals surface area contributed by atoms with Crippen molar-refractivity contribution in [3.8, 4) is 0 Å². The summed E-state index contributed by atoms with van der Waals surface area (Å²) in [6.45, 7) is 18.0. The Hall–Kier alpha value is -3.39. The summed E-state index contributed by atoms with van der Waals surface area (Å²) in [5, 5.41) is 25.6. The summed E-state index contributed by atoms with van der Waals surface area (Å²) < 4.78 is 15.0. The quantitative estimate of drug-likeness (QED) is 0.139. The predicted octanol–water partition coefficient (Wildman–Crippen LogP) is 6.33. The second kappa shape index (κ2) is 41.4. The van der Waals surface area contributed by atoms with Gasteiger partial charge in [-0.1, -0.05) is 72.6 Å². The molecular weight excluding hydrogens is 675 g/mol. The van der Waals surface area contributed by atoms with E-state index in [2.05, 4.69) is 57.8 Å². The predicted molar refractivity (Wildman–Crippen MR) is 216 cm³/mol. The molecule has 0 radical (unpaired) electrons. The molecule has 4 rings (SSSR count). The van der Waals surface area contributed by atoms with Crippen LogP contribution in [-0.2, 0) is 29.2 Å². The Labute approximate surface area is 321 Å². The highest BCUT2D eigenvalue weighted by Gasteiger charge is 2.19. The van der Waals surface area contributed by atoms with Gasteiger partial charge in [0.1, 0.15) is 0 Å². The maximum atomic E-state index is 12.9. The van der Waals surface area contributed by atoms with Gasteiger partial charge in [-0.3, -0.25) is 33.9 Å². The zero-order chi connectivity index (χ0) is 40.5. The minimum Gasteiger partial charge on any atom is -0.400 e. The van der Waals surface area contributed by atoms with Gasteiger partial charge in [0.25, 0.3) is 0 Å². The van der Waals surface area contributed by atoms with Gasteiger partial charge < -0.3 is 25.4 Å². The van der Waals surface area contributed by atoms with Crippen LogP contribution < -0.4 is 5.32 Å². The number of amides is 1. The van der Waals surface area contributed by atoms with Crippen molar-refractivity contribution < 1.29 is 29.2 Å².